The monoisotopic (exact) mass is 660 g/mol. The molecule has 1 spiro atoms. The number of anilines is 3. The van der Waals surface area contributed by atoms with Crippen LogP contribution in [0, 0.1) is 0 Å². The molecule has 52 heavy (non-hydrogen) atoms. The summed E-state index contributed by atoms with van der Waals surface area (Å²) in [7, 11) is 0. The fourth-order valence-electron chi connectivity index (χ4n) is 9.25. The first-order chi connectivity index (χ1) is 25.8. The normalized spacial score (nSPS) is 15.0. The van der Waals surface area contributed by atoms with E-state index in [2.05, 4.69) is 186 Å². The fraction of sp³-hybridized carbons (Fsp3) is 0.0200. The topological polar surface area (TPSA) is 16.1 Å². The van der Waals surface area contributed by atoms with E-state index in [-0.39, 0.29) is 0 Å². The van der Waals surface area contributed by atoms with E-state index in [1.54, 1.807) is 0 Å². The molecule has 2 aliphatic carbocycles. The van der Waals surface area contributed by atoms with Gasteiger partial charge in [-0.1, -0.05) is 146 Å². The Hall–Kier alpha value is -6.77. The number of pyridine rings is 1. The molecule has 0 amide bonds. The van der Waals surface area contributed by atoms with Crippen molar-refractivity contribution in [1.82, 2.24) is 4.98 Å². The van der Waals surface area contributed by atoms with Gasteiger partial charge in [0.15, 0.2) is 0 Å². The second-order valence-electron chi connectivity index (χ2n) is 13.9. The average Bonchev–Trinajstić information content (AvgIpc) is 3.69. The van der Waals surface area contributed by atoms with Gasteiger partial charge >= 0.3 is 0 Å². The molecule has 0 saturated carbocycles. The summed E-state index contributed by atoms with van der Waals surface area (Å²) in [5, 5.41) is 5.06. The molecule has 2 heteroatoms. The van der Waals surface area contributed by atoms with Gasteiger partial charge in [0.05, 0.1) is 17.3 Å². The lowest BCUT2D eigenvalue weighted by molar-refractivity contribution is 0.802. The molecule has 0 fully saturated rings. The van der Waals surface area contributed by atoms with E-state index in [0.717, 1.165) is 17.1 Å². The molecular weight excluding hydrogens is 629 g/mol. The van der Waals surface area contributed by atoms with Crippen LogP contribution in [0.25, 0.3) is 54.9 Å². The first-order valence-corrected chi connectivity index (χ1v) is 18.0. The summed E-state index contributed by atoms with van der Waals surface area (Å²) < 4.78 is 0. The highest BCUT2D eigenvalue weighted by Gasteiger charge is 2.52. The number of rotatable bonds is 4. The Morgan fingerprint density at radius 3 is 1.94 bits per heavy atom. The molecule has 8 aromatic carbocycles. The molecule has 2 nitrogen and oxygen atoms in total. The van der Waals surface area contributed by atoms with Gasteiger partial charge in [0.1, 0.15) is 0 Å². The first kappa shape index (κ1) is 29.0. The number of hydrogen-bond donors (Lipinski definition) is 0. The number of benzene rings is 8. The van der Waals surface area contributed by atoms with E-state index in [0.29, 0.717) is 0 Å². The van der Waals surface area contributed by atoms with Crippen LogP contribution in [0.2, 0.25) is 0 Å². The Morgan fingerprint density at radius 1 is 0.404 bits per heavy atom. The highest BCUT2D eigenvalue weighted by Crippen LogP contribution is 2.65. The lowest BCUT2D eigenvalue weighted by Crippen LogP contribution is -2.26. The maximum absolute atomic E-state index is 4.58. The largest absolute Gasteiger partial charge is 0.309 e. The second kappa shape index (κ2) is 11.1. The molecule has 9 aromatic rings. The zero-order valence-corrected chi connectivity index (χ0v) is 28.4. The number of fused-ring (bicyclic) bond motifs is 14. The van der Waals surface area contributed by atoms with Crippen molar-refractivity contribution in [2.75, 3.05) is 4.90 Å². The highest BCUT2D eigenvalue weighted by atomic mass is 15.1. The Morgan fingerprint density at radius 2 is 1.08 bits per heavy atom. The van der Waals surface area contributed by atoms with Crippen LogP contribution < -0.4 is 4.90 Å². The van der Waals surface area contributed by atoms with E-state index in [1.807, 2.05) is 18.5 Å². The van der Waals surface area contributed by atoms with Crippen LogP contribution in [0.4, 0.5) is 17.1 Å². The van der Waals surface area contributed by atoms with Crippen molar-refractivity contribution in [3.8, 4) is 33.4 Å². The molecule has 0 saturated heterocycles. The van der Waals surface area contributed by atoms with Crippen LogP contribution in [-0.2, 0) is 5.41 Å². The SMILES string of the molecule is c1ccc(-c2cccc(N(c3cccnc3)c3ccc4ccc5c(c4c3)C3(c4ccccc4-5)c4ccccc4-c4c3ccc3ccccc43)c2)cc1. The van der Waals surface area contributed by atoms with Gasteiger partial charge in [-0.3, -0.25) is 4.98 Å². The first-order valence-electron chi connectivity index (χ1n) is 18.0. The summed E-state index contributed by atoms with van der Waals surface area (Å²) in [5.74, 6) is 0. The third-order valence-electron chi connectivity index (χ3n) is 11.3. The molecule has 0 bridgehead atoms. The molecule has 0 N–H and O–H groups in total. The Kier molecular flexibility index (Phi) is 6.20. The zero-order valence-electron chi connectivity index (χ0n) is 28.4. The van der Waals surface area contributed by atoms with Crippen LogP contribution >= 0.6 is 0 Å². The van der Waals surface area contributed by atoms with Crippen LogP contribution in [0.15, 0.2) is 194 Å². The Labute approximate surface area is 302 Å². The fourth-order valence-corrected chi connectivity index (χ4v) is 9.25. The summed E-state index contributed by atoms with van der Waals surface area (Å²) in [5.41, 5.74) is 15.8. The van der Waals surface area contributed by atoms with Gasteiger partial charge in [-0.25, -0.2) is 0 Å². The minimum Gasteiger partial charge on any atom is -0.309 e. The van der Waals surface area contributed by atoms with Crippen molar-refractivity contribution in [1.29, 1.82) is 0 Å². The molecule has 2 aliphatic rings. The standard InChI is InChI=1S/C50H32N2/c1-2-12-33(13-3-1)36-15-10-16-37(30-36)52(39-17-11-29-51-32-39)38-26-23-35-24-27-42-41-19-6-8-21-45(41)50(49(42)44(35)31-38)46-22-9-7-20-43(46)48-40-18-5-4-14-34(40)25-28-47(48)50/h1-32H. The summed E-state index contributed by atoms with van der Waals surface area (Å²) in [4.78, 5) is 6.92. The molecule has 242 valence electrons. The summed E-state index contributed by atoms with van der Waals surface area (Å²) in [6, 6.07) is 67.0. The summed E-state index contributed by atoms with van der Waals surface area (Å²) >= 11 is 0. The van der Waals surface area contributed by atoms with Crippen molar-refractivity contribution >= 4 is 38.6 Å². The molecule has 0 aliphatic heterocycles. The van der Waals surface area contributed by atoms with Crippen LogP contribution in [0.5, 0.6) is 0 Å². The van der Waals surface area contributed by atoms with Crippen molar-refractivity contribution < 1.29 is 0 Å². The third-order valence-corrected chi connectivity index (χ3v) is 11.3. The van der Waals surface area contributed by atoms with Gasteiger partial charge in [0.2, 0.25) is 0 Å². The summed E-state index contributed by atoms with van der Waals surface area (Å²) in [6.45, 7) is 0. The highest BCUT2D eigenvalue weighted by molar-refractivity contribution is 6.09. The minimum absolute atomic E-state index is 0.466. The van der Waals surface area contributed by atoms with Crippen molar-refractivity contribution in [3.63, 3.8) is 0 Å². The van der Waals surface area contributed by atoms with E-state index in [4.69, 9.17) is 0 Å². The Balaban J connectivity index is 1.22. The summed E-state index contributed by atoms with van der Waals surface area (Å²) in [6.07, 6.45) is 3.80. The molecule has 1 heterocycles. The lowest BCUT2D eigenvalue weighted by Gasteiger charge is -2.32. The smallest absolute Gasteiger partial charge is 0.0731 e. The number of aromatic nitrogens is 1. The van der Waals surface area contributed by atoms with Crippen molar-refractivity contribution in [2.45, 2.75) is 5.41 Å². The van der Waals surface area contributed by atoms with Crippen molar-refractivity contribution in [3.05, 3.63) is 217 Å². The lowest BCUT2D eigenvalue weighted by atomic mass is 9.69. The minimum atomic E-state index is -0.466. The van der Waals surface area contributed by atoms with E-state index in [1.165, 1.54) is 77.2 Å². The van der Waals surface area contributed by atoms with Crippen LogP contribution in [0.3, 0.4) is 0 Å². The molecule has 1 aromatic heterocycles. The van der Waals surface area contributed by atoms with Gasteiger partial charge < -0.3 is 4.90 Å². The van der Waals surface area contributed by atoms with E-state index < -0.39 is 5.41 Å². The predicted octanol–water partition coefficient (Wildman–Crippen LogP) is 12.9. The second-order valence-corrected chi connectivity index (χ2v) is 13.9. The van der Waals surface area contributed by atoms with Gasteiger partial charge in [0.25, 0.3) is 0 Å². The van der Waals surface area contributed by atoms with Gasteiger partial charge in [-0.05, 0) is 114 Å². The molecular formula is C50H32N2. The van der Waals surface area contributed by atoms with Crippen LogP contribution in [-0.4, -0.2) is 4.98 Å². The molecule has 11 rings (SSSR count). The van der Waals surface area contributed by atoms with Gasteiger partial charge in [0, 0.05) is 17.6 Å². The Bertz CT molecular complexity index is 2860. The van der Waals surface area contributed by atoms with E-state index >= 15 is 0 Å². The molecule has 0 radical (unpaired) electrons. The molecule has 1 atom stereocenters. The predicted molar refractivity (Wildman–Crippen MR) is 216 cm³/mol. The quantitative estimate of drug-likeness (QED) is 0.187. The van der Waals surface area contributed by atoms with Gasteiger partial charge in [-0.2, -0.15) is 0 Å². The maximum Gasteiger partial charge on any atom is 0.0731 e. The number of nitrogens with zero attached hydrogens (tertiary/aromatic N) is 2. The van der Waals surface area contributed by atoms with Gasteiger partial charge in [-0.15, -0.1) is 0 Å². The maximum atomic E-state index is 4.58. The van der Waals surface area contributed by atoms with E-state index in [9.17, 15) is 0 Å². The number of hydrogen-bond acceptors (Lipinski definition) is 2. The average molecular weight is 661 g/mol. The molecule has 1 unspecified atom stereocenters. The van der Waals surface area contributed by atoms with Crippen LogP contribution in [0.1, 0.15) is 22.3 Å². The zero-order chi connectivity index (χ0) is 34.2. The van der Waals surface area contributed by atoms with Crippen molar-refractivity contribution in [2.24, 2.45) is 0 Å². The third kappa shape index (κ3) is 3.98.